The van der Waals surface area contributed by atoms with Gasteiger partial charge in [-0.3, -0.25) is 0 Å². The fraction of sp³-hybridized carbons (Fsp3) is 0.250. The van der Waals surface area contributed by atoms with Crippen LogP contribution in [0.4, 0.5) is 0 Å². The van der Waals surface area contributed by atoms with Crippen molar-refractivity contribution < 1.29 is 9.47 Å². The summed E-state index contributed by atoms with van der Waals surface area (Å²) in [5.41, 5.74) is 4.73. The second-order valence-corrected chi connectivity index (χ2v) is 7.36. The van der Waals surface area contributed by atoms with E-state index in [0.717, 1.165) is 23.1 Å². The first-order chi connectivity index (χ1) is 13.3. The summed E-state index contributed by atoms with van der Waals surface area (Å²) in [4.78, 5) is 0. The van der Waals surface area contributed by atoms with Crippen LogP contribution < -0.4 is 9.47 Å². The number of para-hydroxylation sites is 2. The highest BCUT2D eigenvalue weighted by atomic mass is 16.5. The Morgan fingerprint density at radius 1 is 0.815 bits per heavy atom. The number of hydrogen-bond acceptors (Lipinski definition) is 2. The van der Waals surface area contributed by atoms with E-state index in [2.05, 4.69) is 47.0 Å². The maximum atomic E-state index is 5.71. The first-order valence-corrected chi connectivity index (χ1v) is 9.53. The smallest absolute Gasteiger partial charge is 0.146 e. The van der Waals surface area contributed by atoms with Gasteiger partial charge in [-0.05, 0) is 55.0 Å². The minimum absolute atomic E-state index is 0.810. The highest BCUT2D eigenvalue weighted by Gasteiger charge is 2.23. The molecule has 1 aliphatic rings. The van der Waals surface area contributed by atoms with E-state index in [4.69, 9.17) is 9.47 Å². The zero-order chi connectivity index (χ0) is 18.4. The minimum atomic E-state index is 0.810. The van der Waals surface area contributed by atoms with Crippen LogP contribution in [0.1, 0.15) is 18.4 Å². The summed E-state index contributed by atoms with van der Waals surface area (Å²) in [5.74, 6) is 2.48. The van der Waals surface area contributed by atoms with Gasteiger partial charge in [0.2, 0.25) is 0 Å². The van der Waals surface area contributed by atoms with Crippen LogP contribution in [0, 0.1) is 5.92 Å². The molecule has 1 heterocycles. The topological polar surface area (TPSA) is 23.4 Å². The molecule has 5 rings (SSSR count). The Morgan fingerprint density at radius 3 is 2.22 bits per heavy atom. The minimum Gasteiger partial charge on any atom is -0.494 e. The standard InChI is InChI=1S/C24H23NO2/c1-26-22-8-5-9-23(27-2)24(22)25-20-7-4-3-6-18(20)19-13-12-17(15-21(19)25)14-16-10-11-16/h3-9,12-13,15-16H,10-11,14H2,1-2H3. The summed E-state index contributed by atoms with van der Waals surface area (Å²) in [6.45, 7) is 0. The Bertz CT molecular complexity index is 1120. The summed E-state index contributed by atoms with van der Waals surface area (Å²) < 4.78 is 13.7. The molecule has 0 amide bonds. The fourth-order valence-corrected chi connectivity index (χ4v) is 4.09. The molecule has 0 bridgehead atoms. The quantitative estimate of drug-likeness (QED) is 0.454. The fourth-order valence-electron chi connectivity index (χ4n) is 4.09. The molecular weight excluding hydrogens is 334 g/mol. The van der Waals surface area contributed by atoms with Crippen molar-refractivity contribution in [2.24, 2.45) is 5.92 Å². The highest BCUT2D eigenvalue weighted by Crippen LogP contribution is 2.41. The molecule has 1 fully saturated rings. The van der Waals surface area contributed by atoms with Crippen molar-refractivity contribution in [3.05, 3.63) is 66.2 Å². The average Bonchev–Trinajstić information content (AvgIpc) is 3.47. The number of methoxy groups -OCH3 is 2. The van der Waals surface area contributed by atoms with Gasteiger partial charge in [0.25, 0.3) is 0 Å². The van der Waals surface area contributed by atoms with Crippen LogP contribution in [0.15, 0.2) is 60.7 Å². The Hall–Kier alpha value is -2.94. The number of rotatable bonds is 5. The predicted octanol–water partition coefficient (Wildman–Crippen LogP) is 5.75. The van der Waals surface area contributed by atoms with Gasteiger partial charge in [0.1, 0.15) is 17.2 Å². The van der Waals surface area contributed by atoms with Crippen molar-refractivity contribution >= 4 is 21.8 Å². The van der Waals surface area contributed by atoms with E-state index in [-0.39, 0.29) is 0 Å². The van der Waals surface area contributed by atoms with Gasteiger partial charge in [-0.1, -0.05) is 36.4 Å². The SMILES string of the molecule is COc1cccc(OC)c1-n1c2ccccc2c2ccc(CC3CC3)cc21. The molecule has 0 spiro atoms. The lowest BCUT2D eigenvalue weighted by Crippen LogP contribution is -2.01. The van der Waals surface area contributed by atoms with Crippen LogP contribution in [0.5, 0.6) is 11.5 Å². The summed E-state index contributed by atoms with van der Waals surface area (Å²) in [6, 6.07) is 21.4. The maximum absolute atomic E-state index is 5.71. The molecule has 3 nitrogen and oxygen atoms in total. The van der Waals surface area contributed by atoms with Gasteiger partial charge in [0.05, 0.1) is 25.3 Å². The Balaban J connectivity index is 1.86. The van der Waals surface area contributed by atoms with Crippen LogP contribution in [0.2, 0.25) is 0 Å². The van der Waals surface area contributed by atoms with Gasteiger partial charge in [-0.2, -0.15) is 0 Å². The molecule has 3 aromatic carbocycles. The zero-order valence-electron chi connectivity index (χ0n) is 15.7. The third-order valence-electron chi connectivity index (χ3n) is 5.58. The van der Waals surface area contributed by atoms with E-state index in [1.54, 1.807) is 14.2 Å². The molecule has 4 aromatic rings. The summed E-state index contributed by atoms with van der Waals surface area (Å²) >= 11 is 0. The third kappa shape index (κ3) is 2.66. The van der Waals surface area contributed by atoms with Crippen molar-refractivity contribution in [3.63, 3.8) is 0 Å². The van der Waals surface area contributed by atoms with E-state index < -0.39 is 0 Å². The van der Waals surface area contributed by atoms with Gasteiger partial charge in [-0.25, -0.2) is 0 Å². The number of benzene rings is 3. The molecule has 1 aliphatic carbocycles. The van der Waals surface area contributed by atoms with Crippen LogP contribution in [0.25, 0.3) is 27.5 Å². The molecular formula is C24H23NO2. The first-order valence-electron chi connectivity index (χ1n) is 9.53. The van der Waals surface area contributed by atoms with Gasteiger partial charge < -0.3 is 14.0 Å². The monoisotopic (exact) mass is 357 g/mol. The van der Waals surface area contributed by atoms with E-state index in [1.165, 1.54) is 46.6 Å². The molecule has 0 aliphatic heterocycles. The van der Waals surface area contributed by atoms with Crippen molar-refractivity contribution in [1.82, 2.24) is 4.57 Å². The second kappa shape index (κ2) is 6.34. The van der Waals surface area contributed by atoms with Gasteiger partial charge in [-0.15, -0.1) is 0 Å². The van der Waals surface area contributed by atoms with E-state index in [0.29, 0.717) is 0 Å². The normalized spacial score (nSPS) is 14.0. The van der Waals surface area contributed by atoms with Crippen molar-refractivity contribution in [2.45, 2.75) is 19.3 Å². The lowest BCUT2D eigenvalue weighted by molar-refractivity contribution is 0.392. The Morgan fingerprint density at radius 2 is 1.52 bits per heavy atom. The van der Waals surface area contributed by atoms with Crippen LogP contribution >= 0.6 is 0 Å². The van der Waals surface area contributed by atoms with E-state index in [1.807, 2.05) is 18.2 Å². The molecule has 0 saturated heterocycles. The average molecular weight is 357 g/mol. The van der Waals surface area contributed by atoms with Gasteiger partial charge in [0, 0.05) is 10.8 Å². The van der Waals surface area contributed by atoms with Crippen molar-refractivity contribution in [3.8, 4) is 17.2 Å². The molecule has 0 N–H and O–H groups in total. The van der Waals surface area contributed by atoms with Crippen LogP contribution in [-0.2, 0) is 6.42 Å². The Labute approximate surface area is 159 Å². The Kier molecular flexibility index (Phi) is 3.82. The van der Waals surface area contributed by atoms with Crippen LogP contribution in [-0.4, -0.2) is 18.8 Å². The first kappa shape index (κ1) is 16.2. The third-order valence-corrected chi connectivity index (χ3v) is 5.58. The number of hydrogen-bond donors (Lipinski definition) is 0. The molecule has 0 unspecified atom stereocenters. The lowest BCUT2D eigenvalue weighted by Gasteiger charge is -2.16. The van der Waals surface area contributed by atoms with Gasteiger partial charge >= 0.3 is 0 Å². The zero-order valence-corrected chi connectivity index (χ0v) is 15.7. The molecule has 3 heteroatoms. The van der Waals surface area contributed by atoms with Crippen molar-refractivity contribution in [1.29, 1.82) is 0 Å². The van der Waals surface area contributed by atoms with E-state index in [9.17, 15) is 0 Å². The van der Waals surface area contributed by atoms with Crippen LogP contribution in [0.3, 0.4) is 0 Å². The summed E-state index contributed by atoms with van der Waals surface area (Å²) in [5, 5.41) is 2.51. The lowest BCUT2D eigenvalue weighted by atomic mass is 10.1. The molecule has 27 heavy (non-hydrogen) atoms. The maximum Gasteiger partial charge on any atom is 0.146 e. The summed E-state index contributed by atoms with van der Waals surface area (Å²) in [7, 11) is 3.43. The number of ether oxygens (including phenoxy) is 2. The molecule has 0 atom stereocenters. The van der Waals surface area contributed by atoms with Gasteiger partial charge in [0.15, 0.2) is 0 Å². The van der Waals surface area contributed by atoms with Crippen molar-refractivity contribution in [2.75, 3.05) is 14.2 Å². The number of aromatic nitrogens is 1. The highest BCUT2D eigenvalue weighted by molar-refractivity contribution is 6.09. The summed E-state index contributed by atoms with van der Waals surface area (Å²) in [6.07, 6.45) is 3.89. The molecule has 136 valence electrons. The molecule has 0 radical (unpaired) electrons. The predicted molar refractivity (Wildman–Crippen MR) is 110 cm³/mol. The molecule has 1 saturated carbocycles. The number of nitrogens with zero attached hydrogens (tertiary/aromatic N) is 1. The number of fused-ring (bicyclic) bond motifs is 3. The second-order valence-electron chi connectivity index (χ2n) is 7.36. The largest absolute Gasteiger partial charge is 0.494 e. The molecule has 1 aromatic heterocycles. The van der Waals surface area contributed by atoms with E-state index >= 15 is 0 Å².